The number of nitrogens with one attached hydrogen (secondary N) is 1. The van der Waals surface area contributed by atoms with Gasteiger partial charge in [-0.2, -0.15) is 0 Å². The molecule has 1 amide bonds. The second-order valence-electron chi connectivity index (χ2n) is 6.47. The van der Waals surface area contributed by atoms with Crippen molar-refractivity contribution >= 4 is 11.9 Å². The molecule has 7 nitrogen and oxygen atoms in total. The van der Waals surface area contributed by atoms with Gasteiger partial charge in [-0.1, -0.05) is 17.3 Å². The lowest BCUT2D eigenvalue weighted by molar-refractivity contribution is -0.147. The maximum absolute atomic E-state index is 12.3. The Kier molecular flexibility index (Phi) is 5.02. The molecule has 0 unspecified atom stereocenters. The van der Waals surface area contributed by atoms with Crippen molar-refractivity contribution in [3.63, 3.8) is 0 Å². The topological polar surface area (TPSA) is 97.1 Å². The lowest BCUT2D eigenvalue weighted by Crippen LogP contribution is -2.32. The van der Waals surface area contributed by atoms with E-state index in [9.17, 15) is 9.59 Å². The summed E-state index contributed by atoms with van der Waals surface area (Å²) >= 11 is 0. The van der Waals surface area contributed by atoms with Crippen LogP contribution in [0.25, 0.3) is 5.69 Å². The molecule has 1 aromatic heterocycles. The summed E-state index contributed by atoms with van der Waals surface area (Å²) in [7, 11) is 0. The van der Waals surface area contributed by atoms with E-state index in [0.29, 0.717) is 12.1 Å². The molecule has 0 atom stereocenters. The minimum atomic E-state index is -0.890. The summed E-state index contributed by atoms with van der Waals surface area (Å²) in [6, 6.07) is 7.75. The average Bonchev–Trinajstić information content (AvgIpc) is 2.88. The van der Waals surface area contributed by atoms with Gasteiger partial charge in [-0.25, -0.2) is 4.68 Å². The first-order valence-electron chi connectivity index (χ1n) is 7.73. The molecule has 1 aromatic carbocycles. The van der Waals surface area contributed by atoms with Crippen LogP contribution in [0, 0.1) is 19.3 Å². The van der Waals surface area contributed by atoms with Gasteiger partial charge in [0.05, 0.1) is 16.8 Å². The van der Waals surface area contributed by atoms with E-state index in [1.807, 2.05) is 31.2 Å². The number of rotatable bonds is 6. The number of aromatic nitrogens is 3. The molecule has 7 heteroatoms. The highest BCUT2D eigenvalue weighted by Crippen LogP contribution is 2.19. The van der Waals surface area contributed by atoms with Gasteiger partial charge >= 0.3 is 5.97 Å². The molecule has 0 spiro atoms. The Hall–Kier alpha value is -2.70. The zero-order valence-electron chi connectivity index (χ0n) is 14.3. The fraction of sp³-hybridized carbons (Fsp3) is 0.412. The molecule has 0 bridgehead atoms. The van der Waals surface area contributed by atoms with Crippen molar-refractivity contribution in [1.29, 1.82) is 0 Å². The van der Waals surface area contributed by atoms with E-state index < -0.39 is 11.4 Å². The highest BCUT2D eigenvalue weighted by Gasteiger charge is 2.27. The summed E-state index contributed by atoms with van der Waals surface area (Å²) in [5.74, 6) is -1.24. The molecule has 0 saturated carbocycles. The van der Waals surface area contributed by atoms with Gasteiger partial charge < -0.3 is 10.4 Å². The summed E-state index contributed by atoms with van der Waals surface area (Å²) < 4.78 is 1.61. The minimum Gasteiger partial charge on any atom is -0.481 e. The van der Waals surface area contributed by atoms with Crippen LogP contribution in [-0.4, -0.2) is 38.5 Å². The Bertz CT molecular complexity index is 765. The Labute approximate surface area is 140 Å². The minimum absolute atomic E-state index is 0.240. The average molecular weight is 330 g/mol. The van der Waals surface area contributed by atoms with Gasteiger partial charge in [0.25, 0.3) is 5.91 Å². The van der Waals surface area contributed by atoms with Crippen LogP contribution in [0.1, 0.15) is 42.0 Å². The van der Waals surface area contributed by atoms with Crippen molar-refractivity contribution in [3.05, 3.63) is 41.2 Å². The Balaban J connectivity index is 2.08. The van der Waals surface area contributed by atoms with E-state index in [-0.39, 0.29) is 18.1 Å². The van der Waals surface area contributed by atoms with Crippen LogP contribution in [-0.2, 0) is 4.79 Å². The fourth-order valence-corrected chi connectivity index (χ4v) is 2.22. The molecule has 0 aliphatic carbocycles. The molecular formula is C17H22N4O3. The Morgan fingerprint density at radius 2 is 2.00 bits per heavy atom. The van der Waals surface area contributed by atoms with E-state index >= 15 is 0 Å². The molecule has 2 rings (SSSR count). The number of aryl methyl sites for hydroxylation is 1. The number of benzene rings is 1. The molecule has 0 aliphatic rings. The molecule has 2 aromatic rings. The molecule has 0 radical (unpaired) electrons. The molecule has 128 valence electrons. The molecule has 24 heavy (non-hydrogen) atoms. The van der Waals surface area contributed by atoms with Gasteiger partial charge in [0, 0.05) is 6.54 Å². The highest BCUT2D eigenvalue weighted by atomic mass is 16.4. The quantitative estimate of drug-likeness (QED) is 0.845. The van der Waals surface area contributed by atoms with E-state index in [1.165, 1.54) is 0 Å². The van der Waals surface area contributed by atoms with Crippen LogP contribution < -0.4 is 5.32 Å². The summed E-state index contributed by atoms with van der Waals surface area (Å²) in [5.41, 5.74) is 1.91. The number of carbonyl (C=O) groups is 2. The van der Waals surface area contributed by atoms with Gasteiger partial charge in [0.15, 0.2) is 5.69 Å². The van der Waals surface area contributed by atoms with E-state index in [0.717, 1.165) is 11.3 Å². The molecule has 1 heterocycles. The first kappa shape index (κ1) is 17.7. The molecule has 0 aliphatic heterocycles. The normalized spacial score (nSPS) is 11.3. The maximum atomic E-state index is 12.3. The van der Waals surface area contributed by atoms with Gasteiger partial charge in [-0.05, 0) is 51.8 Å². The van der Waals surface area contributed by atoms with Crippen molar-refractivity contribution in [2.45, 2.75) is 34.1 Å². The molecule has 0 saturated heterocycles. The van der Waals surface area contributed by atoms with Crippen LogP contribution in [0.2, 0.25) is 0 Å². The van der Waals surface area contributed by atoms with E-state index in [1.54, 1.807) is 25.5 Å². The largest absolute Gasteiger partial charge is 0.481 e. The Morgan fingerprint density at radius 3 is 2.62 bits per heavy atom. The molecular weight excluding hydrogens is 308 g/mol. The highest BCUT2D eigenvalue weighted by molar-refractivity contribution is 5.93. The third-order valence-electron chi connectivity index (χ3n) is 3.97. The predicted molar refractivity (Wildman–Crippen MR) is 89.2 cm³/mol. The van der Waals surface area contributed by atoms with Gasteiger partial charge in [0.1, 0.15) is 0 Å². The van der Waals surface area contributed by atoms with Crippen LogP contribution in [0.4, 0.5) is 0 Å². The van der Waals surface area contributed by atoms with Gasteiger partial charge in [-0.15, -0.1) is 5.10 Å². The number of carboxylic acid groups (broad SMARTS) is 1. The predicted octanol–water partition coefficient (Wildman–Crippen LogP) is 2.11. The number of carboxylic acids is 1. The first-order chi connectivity index (χ1) is 11.2. The second-order valence-corrected chi connectivity index (χ2v) is 6.47. The van der Waals surface area contributed by atoms with E-state index in [4.69, 9.17) is 5.11 Å². The molecule has 2 N–H and O–H groups in total. The van der Waals surface area contributed by atoms with Crippen LogP contribution >= 0.6 is 0 Å². The van der Waals surface area contributed by atoms with Gasteiger partial charge in [0.2, 0.25) is 0 Å². The van der Waals surface area contributed by atoms with E-state index in [2.05, 4.69) is 15.6 Å². The third-order valence-corrected chi connectivity index (χ3v) is 3.97. The number of hydrogen-bond donors (Lipinski definition) is 2. The lowest BCUT2D eigenvalue weighted by Gasteiger charge is -2.18. The van der Waals surface area contributed by atoms with Crippen molar-refractivity contribution in [3.8, 4) is 5.69 Å². The third kappa shape index (κ3) is 3.79. The van der Waals surface area contributed by atoms with Crippen LogP contribution in [0.5, 0.6) is 0 Å². The van der Waals surface area contributed by atoms with Gasteiger partial charge in [-0.3, -0.25) is 9.59 Å². The monoisotopic (exact) mass is 330 g/mol. The Morgan fingerprint density at radius 1 is 1.29 bits per heavy atom. The summed E-state index contributed by atoms with van der Waals surface area (Å²) in [6.07, 6.45) is 0.332. The maximum Gasteiger partial charge on any atom is 0.309 e. The zero-order chi connectivity index (χ0) is 17.9. The number of hydrogen-bond acceptors (Lipinski definition) is 4. The standard InChI is InChI=1S/C17H22N4O3/c1-11-6-5-7-13(10-11)21-12(2)14(19-20-21)15(22)18-9-8-17(3,4)16(23)24/h5-7,10H,8-9H2,1-4H3,(H,18,22)(H,23,24). The number of nitrogens with zero attached hydrogens (tertiary/aromatic N) is 3. The van der Waals surface area contributed by atoms with Crippen molar-refractivity contribution in [2.75, 3.05) is 6.54 Å². The lowest BCUT2D eigenvalue weighted by atomic mass is 9.90. The van der Waals surface area contributed by atoms with Crippen molar-refractivity contribution in [1.82, 2.24) is 20.3 Å². The summed E-state index contributed by atoms with van der Waals surface area (Å²) in [4.78, 5) is 23.3. The first-order valence-corrected chi connectivity index (χ1v) is 7.73. The fourth-order valence-electron chi connectivity index (χ4n) is 2.22. The van der Waals surface area contributed by atoms with Crippen LogP contribution in [0.3, 0.4) is 0 Å². The van der Waals surface area contributed by atoms with Crippen molar-refractivity contribution < 1.29 is 14.7 Å². The SMILES string of the molecule is Cc1cccc(-n2nnc(C(=O)NCCC(C)(C)C(=O)O)c2C)c1. The van der Waals surface area contributed by atoms with Crippen molar-refractivity contribution in [2.24, 2.45) is 5.41 Å². The molecule has 0 fully saturated rings. The second kappa shape index (κ2) is 6.82. The summed E-state index contributed by atoms with van der Waals surface area (Å²) in [5, 5.41) is 19.8. The number of amides is 1. The smallest absolute Gasteiger partial charge is 0.309 e. The number of carbonyl (C=O) groups excluding carboxylic acids is 1. The summed E-state index contributed by atoms with van der Waals surface area (Å²) in [6.45, 7) is 7.27. The number of aliphatic carboxylic acids is 1. The van der Waals surface area contributed by atoms with Crippen LogP contribution in [0.15, 0.2) is 24.3 Å². The zero-order valence-corrected chi connectivity index (χ0v) is 14.3.